The molecule has 2 aromatic carbocycles. The van der Waals surface area contributed by atoms with Crippen LogP contribution < -0.4 is 4.74 Å². The number of fused-ring (bicyclic) bond motifs is 2. The molecule has 1 aliphatic heterocycles. The van der Waals surface area contributed by atoms with Crippen LogP contribution in [0.25, 0.3) is 10.6 Å². The predicted molar refractivity (Wildman–Crippen MR) is 69.8 cm³/mol. The smallest absolute Gasteiger partial charge is 0.135 e. The predicted octanol–water partition coefficient (Wildman–Crippen LogP) is 4.69. The molecule has 0 fully saturated rings. The molecule has 0 unspecified atom stereocenters. The van der Waals surface area contributed by atoms with E-state index in [-0.39, 0.29) is 0 Å². The Bertz CT molecular complexity index is 572. The monoisotopic (exact) mass is 272 g/mol. The number of halogens is 1. The van der Waals surface area contributed by atoms with Crippen molar-refractivity contribution in [1.29, 1.82) is 0 Å². The molecule has 1 aliphatic rings. The fourth-order valence-electron chi connectivity index (χ4n) is 1.78. The minimum atomic E-state index is 0.885. The summed E-state index contributed by atoms with van der Waals surface area (Å²) in [6.45, 7) is 0. The Labute approximate surface area is 103 Å². The maximum Gasteiger partial charge on any atom is 0.135 e. The molecule has 0 saturated heterocycles. The highest BCUT2D eigenvalue weighted by Crippen LogP contribution is 2.39. The van der Waals surface area contributed by atoms with E-state index in [9.17, 15) is 0 Å². The third-order valence-corrected chi connectivity index (χ3v) is 3.22. The molecule has 0 radical (unpaired) electrons. The number of benzene rings is 2. The molecule has 78 valence electrons. The van der Waals surface area contributed by atoms with Crippen molar-refractivity contribution in [3.8, 4) is 11.5 Å². The lowest BCUT2D eigenvalue weighted by Gasteiger charge is -2.08. The van der Waals surface area contributed by atoms with E-state index < -0.39 is 0 Å². The van der Waals surface area contributed by atoms with Gasteiger partial charge in [-0.1, -0.05) is 52.3 Å². The summed E-state index contributed by atoms with van der Waals surface area (Å²) in [6, 6.07) is 16.0. The van der Waals surface area contributed by atoms with Gasteiger partial charge in [0.15, 0.2) is 0 Å². The van der Waals surface area contributed by atoms with Crippen LogP contribution in [-0.2, 0) is 0 Å². The van der Waals surface area contributed by atoms with Gasteiger partial charge in [0.2, 0.25) is 0 Å². The molecule has 0 amide bonds. The first-order valence-electron chi connectivity index (χ1n) is 5.08. The van der Waals surface area contributed by atoms with Crippen molar-refractivity contribution in [2.75, 3.05) is 0 Å². The normalized spacial score (nSPS) is 12.9. The van der Waals surface area contributed by atoms with Gasteiger partial charge in [0.1, 0.15) is 11.5 Å². The summed E-state index contributed by atoms with van der Waals surface area (Å²) in [4.78, 5) is 0. The average molecular weight is 273 g/mol. The maximum atomic E-state index is 5.89. The van der Waals surface area contributed by atoms with E-state index in [4.69, 9.17) is 4.74 Å². The van der Waals surface area contributed by atoms with Crippen molar-refractivity contribution >= 4 is 26.5 Å². The van der Waals surface area contributed by atoms with Gasteiger partial charge in [0.25, 0.3) is 0 Å². The zero-order chi connectivity index (χ0) is 11.0. The van der Waals surface area contributed by atoms with E-state index in [2.05, 4.69) is 22.0 Å². The maximum absolute atomic E-state index is 5.89. The molecule has 0 aliphatic carbocycles. The second kappa shape index (κ2) is 3.80. The summed E-state index contributed by atoms with van der Waals surface area (Å²) < 4.78 is 6.94. The third kappa shape index (κ3) is 1.55. The fourth-order valence-corrected chi connectivity index (χ4v) is 2.35. The van der Waals surface area contributed by atoms with Crippen molar-refractivity contribution in [3.05, 3.63) is 59.7 Å². The number of ether oxygens (including phenoxy) is 1. The van der Waals surface area contributed by atoms with Gasteiger partial charge >= 0.3 is 0 Å². The van der Waals surface area contributed by atoms with Gasteiger partial charge in [-0.3, -0.25) is 0 Å². The molecule has 0 bridgehead atoms. The molecule has 3 rings (SSSR count). The highest BCUT2D eigenvalue weighted by Gasteiger charge is 2.13. The summed E-state index contributed by atoms with van der Waals surface area (Å²) in [5.74, 6) is 1.78. The van der Waals surface area contributed by atoms with E-state index in [1.54, 1.807) is 0 Å². The lowest BCUT2D eigenvalue weighted by Crippen LogP contribution is -1.86. The van der Waals surface area contributed by atoms with Crippen LogP contribution >= 0.6 is 15.9 Å². The van der Waals surface area contributed by atoms with Crippen molar-refractivity contribution < 1.29 is 4.74 Å². The first kappa shape index (κ1) is 9.67. The van der Waals surface area contributed by atoms with Gasteiger partial charge in [-0.15, -0.1) is 0 Å². The number of rotatable bonds is 0. The molecular formula is C14H9BrO. The SMILES string of the molecule is BrC1=Cc2ccccc2Oc2ccccc21. The molecule has 1 nitrogen and oxygen atoms in total. The Morgan fingerprint density at radius 1 is 0.812 bits per heavy atom. The van der Waals surface area contributed by atoms with Gasteiger partial charge in [-0.2, -0.15) is 0 Å². The summed E-state index contributed by atoms with van der Waals surface area (Å²) in [5.41, 5.74) is 2.17. The molecular weight excluding hydrogens is 264 g/mol. The topological polar surface area (TPSA) is 9.23 Å². The Kier molecular flexibility index (Phi) is 2.29. The lowest BCUT2D eigenvalue weighted by molar-refractivity contribution is 0.481. The van der Waals surface area contributed by atoms with E-state index in [1.807, 2.05) is 48.5 Å². The molecule has 2 heteroatoms. The highest BCUT2D eigenvalue weighted by molar-refractivity contribution is 9.15. The van der Waals surface area contributed by atoms with Crippen LogP contribution in [-0.4, -0.2) is 0 Å². The lowest BCUT2D eigenvalue weighted by atomic mass is 10.1. The van der Waals surface area contributed by atoms with Crippen LogP contribution in [0.15, 0.2) is 48.5 Å². The largest absolute Gasteiger partial charge is 0.456 e. The number of hydrogen-bond donors (Lipinski definition) is 0. The second-order valence-corrected chi connectivity index (χ2v) is 4.48. The van der Waals surface area contributed by atoms with E-state index in [0.29, 0.717) is 0 Å². The molecule has 0 N–H and O–H groups in total. The van der Waals surface area contributed by atoms with E-state index in [0.717, 1.165) is 27.1 Å². The quantitative estimate of drug-likeness (QED) is 0.676. The zero-order valence-corrected chi connectivity index (χ0v) is 10.1. The van der Waals surface area contributed by atoms with Crippen molar-refractivity contribution in [2.24, 2.45) is 0 Å². The van der Waals surface area contributed by atoms with Crippen LogP contribution in [0.1, 0.15) is 11.1 Å². The van der Waals surface area contributed by atoms with Crippen LogP contribution in [0.3, 0.4) is 0 Å². The number of hydrogen-bond acceptors (Lipinski definition) is 1. The first-order valence-corrected chi connectivity index (χ1v) is 5.87. The Hall–Kier alpha value is -1.54. The second-order valence-electron chi connectivity index (χ2n) is 3.63. The summed E-state index contributed by atoms with van der Waals surface area (Å²) in [5, 5.41) is 0. The van der Waals surface area contributed by atoms with Gasteiger partial charge in [-0.05, 0) is 18.2 Å². The van der Waals surface area contributed by atoms with Crippen molar-refractivity contribution in [1.82, 2.24) is 0 Å². The van der Waals surface area contributed by atoms with Crippen LogP contribution in [0.4, 0.5) is 0 Å². The highest BCUT2D eigenvalue weighted by atomic mass is 79.9. The van der Waals surface area contributed by atoms with Gasteiger partial charge in [-0.25, -0.2) is 0 Å². The Balaban J connectivity index is 2.25. The minimum Gasteiger partial charge on any atom is -0.456 e. The molecule has 0 aromatic heterocycles. The van der Waals surface area contributed by atoms with Gasteiger partial charge < -0.3 is 4.74 Å². The van der Waals surface area contributed by atoms with Crippen molar-refractivity contribution in [3.63, 3.8) is 0 Å². The molecule has 0 spiro atoms. The Morgan fingerprint density at radius 2 is 1.50 bits per heavy atom. The molecule has 16 heavy (non-hydrogen) atoms. The van der Waals surface area contributed by atoms with Crippen LogP contribution in [0.2, 0.25) is 0 Å². The van der Waals surface area contributed by atoms with Crippen molar-refractivity contribution in [2.45, 2.75) is 0 Å². The summed E-state index contributed by atoms with van der Waals surface area (Å²) >= 11 is 3.59. The molecule has 0 atom stereocenters. The molecule has 1 heterocycles. The molecule has 2 aromatic rings. The first-order chi connectivity index (χ1) is 7.84. The van der Waals surface area contributed by atoms with E-state index >= 15 is 0 Å². The van der Waals surface area contributed by atoms with Gasteiger partial charge in [0, 0.05) is 15.6 Å². The standard InChI is InChI=1S/C14H9BrO/c15-12-9-10-5-1-3-7-13(10)16-14-8-4-2-6-11(12)14/h1-9H. The zero-order valence-electron chi connectivity index (χ0n) is 8.48. The van der Waals surface area contributed by atoms with Crippen LogP contribution in [0.5, 0.6) is 11.5 Å². The summed E-state index contributed by atoms with van der Waals surface area (Å²) in [7, 11) is 0. The summed E-state index contributed by atoms with van der Waals surface area (Å²) in [6.07, 6.45) is 2.08. The average Bonchev–Trinajstić information content (AvgIpc) is 2.45. The van der Waals surface area contributed by atoms with E-state index in [1.165, 1.54) is 0 Å². The van der Waals surface area contributed by atoms with Crippen LogP contribution in [0, 0.1) is 0 Å². The Morgan fingerprint density at radius 3 is 2.38 bits per heavy atom. The number of para-hydroxylation sites is 2. The van der Waals surface area contributed by atoms with Gasteiger partial charge in [0.05, 0.1) is 0 Å². The minimum absolute atomic E-state index is 0.885. The molecule has 0 saturated carbocycles. The fraction of sp³-hybridized carbons (Fsp3) is 0. The third-order valence-electron chi connectivity index (χ3n) is 2.57.